The van der Waals surface area contributed by atoms with E-state index >= 15 is 0 Å². The van der Waals surface area contributed by atoms with Gasteiger partial charge in [-0.1, -0.05) is 0 Å². The number of unbranched alkanes of at least 4 members (excludes halogenated alkanes) is 1. The number of benzene rings is 1. The summed E-state index contributed by atoms with van der Waals surface area (Å²) in [7, 11) is 0. The first-order chi connectivity index (χ1) is 14.2. The molecule has 2 heterocycles. The molecule has 30 heavy (non-hydrogen) atoms. The molecule has 0 N–H and O–H groups in total. The summed E-state index contributed by atoms with van der Waals surface area (Å²) in [5, 5.41) is 0. The quantitative estimate of drug-likeness (QED) is 0.480. The SMILES string of the molecule is CCCCN(CC)c1cc(C)nc2c1CC(=O)CN2c1ccc(C)c[c]1[Sn]([CH3])([CH3])[CH3]. The van der Waals surface area contributed by atoms with E-state index < -0.39 is 18.4 Å². The monoisotopic (exact) mass is 515 g/mol. The molecule has 0 bridgehead atoms. The predicted octanol–water partition coefficient (Wildman–Crippen LogP) is 5.13. The van der Waals surface area contributed by atoms with Crippen molar-refractivity contribution >= 4 is 44.9 Å². The van der Waals surface area contributed by atoms with Crippen LogP contribution >= 0.6 is 0 Å². The Morgan fingerprint density at radius 1 is 1.13 bits per heavy atom. The molecule has 0 amide bonds. The predicted molar refractivity (Wildman–Crippen MR) is 132 cm³/mol. The topological polar surface area (TPSA) is 36.4 Å². The van der Waals surface area contributed by atoms with Gasteiger partial charge < -0.3 is 0 Å². The number of rotatable bonds is 7. The Hall–Kier alpha value is -1.56. The Bertz CT molecular complexity index is 933. The zero-order valence-electron chi connectivity index (χ0n) is 19.8. The number of anilines is 3. The number of hydrogen-bond acceptors (Lipinski definition) is 4. The Labute approximate surface area is 186 Å². The average Bonchev–Trinajstić information content (AvgIpc) is 2.67. The summed E-state index contributed by atoms with van der Waals surface area (Å²) in [6.45, 7) is 11.0. The van der Waals surface area contributed by atoms with Gasteiger partial charge in [-0.2, -0.15) is 0 Å². The number of carbonyl (C=O) groups is 1. The molecule has 1 aromatic heterocycles. The van der Waals surface area contributed by atoms with Crippen LogP contribution in [0.15, 0.2) is 24.3 Å². The molecule has 0 saturated carbocycles. The Balaban J connectivity index is 2.19. The molecule has 0 spiro atoms. The molecule has 0 aliphatic carbocycles. The molecule has 4 nitrogen and oxygen atoms in total. The molecular weight excluding hydrogens is 477 g/mol. The van der Waals surface area contributed by atoms with Gasteiger partial charge in [0.1, 0.15) is 0 Å². The van der Waals surface area contributed by atoms with E-state index in [0.717, 1.165) is 36.6 Å². The van der Waals surface area contributed by atoms with Gasteiger partial charge in [-0.25, -0.2) is 0 Å². The summed E-state index contributed by atoms with van der Waals surface area (Å²) in [6.07, 6.45) is 2.80. The van der Waals surface area contributed by atoms with Gasteiger partial charge in [0.05, 0.1) is 0 Å². The van der Waals surface area contributed by atoms with Crippen molar-refractivity contribution in [2.45, 2.75) is 61.8 Å². The fraction of sp³-hybridized carbons (Fsp3) is 0.520. The first-order valence-electron chi connectivity index (χ1n) is 11.3. The first-order valence-corrected chi connectivity index (χ1v) is 21.3. The molecule has 2 aromatic rings. The van der Waals surface area contributed by atoms with Gasteiger partial charge in [0, 0.05) is 0 Å². The van der Waals surface area contributed by atoms with Crippen molar-refractivity contribution in [2.75, 3.05) is 29.4 Å². The molecular formula is C25H37N3OSn. The second-order valence-electron chi connectivity index (χ2n) is 9.59. The third-order valence-electron chi connectivity index (χ3n) is 5.93. The van der Waals surface area contributed by atoms with Crippen molar-refractivity contribution in [3.05, 3.63) is 41.1 Å². The molecule has 5 heteroatoms. The van der Waals surface area contributed by atoms with Crippen molar-refractivity contribution < 1.29 is 4.79 Å². The molecule has 3 rings (SSSR count). The number of nitrogens with zero attached hydrogens (tertiary/aromatic N) is 3. The van der Waals surface area contributed by atoms with E-state index in [0.29, 0.717) is 13.0 Å². The summed E-state index contributed by atoms with van der Waals surface area (Å²) < 4.78 is 1.47. The standard InChI is InChI=1S/C22H28N3O.3CH3.Sn/c1-5-7-12-24(6-2)21-13-17(4)23-22-20(21)14-19(26)15-25(22)18-10-8-16(3)9-11-18;;;;/h8-10,13H,5-7,12,14-15H2,1-4H3;3*1H3;. The zero-order chi connectivity index (χ0) is 22.1. The van der Waals surface area contributed by atoms with E-state index in [9.17, 15) is 4.79 Å². The number of carbonyl (C=O) groups excluding carboxylic acids is 1. The Kier molecular flexibility index (Phi) is 7.16. The fourth-order valence-corrected chi connectivity index (χ4v) is 9.03. The molecule has 162 valence electrons. The number of hydrogen-bond donors (Lipinski definition) is 0. The van der Waals surface area contributed by atoms with Gasteiger partial charge in [0.25, 0.3) is 0 Å². The molecule has 0 atom stereocenters. The fourth-order valence-electron chi connectivity index (χ4n) is 4.33. The number of pyridine rings is 1. The average molecular weight is 514 g/mol. The van der Waals surface area contributed by atoms with Gasteiger partial charge >= 0.3 is 187 Å². The van der Waals surface area contributed by atoms with E-state index in [1.807, 2.05) is 0 Å². The normalized spacial score (nSPS) is 14.1. The summed E-state index contributed by atoms with van der Waals surface area (Å²) in [5.41, 5.74) is 5.80. The molecule has 0 unspecified atom stereocenters. The van der Waals surface area contributed by atoms with Crippen LogP contribution in [-0.2, 0) is 11.2 Å². The van der Waals surface area contributed by atoms with Gasteiger partial charge in [0.15, 0.2) is 0 Å². The number of Topliss-reactive ketones (excluding diaryl/α,β-unsaturated/α-hetero) is 1. The van der Waals surface area contributed by atoms with E-state index in [2.05, 4.69) is 76.6 Å². The molecule has 1 aliphatic rings. The first kappa shape index (κ1) is 23.1. The van der Waals surface area contributed by atoms with Crippen LogP contribution in [0.2, 0.25) is 14.8 Å². The van der Waals surface area contributed by atoms with Crippen molar-refractivity contribution in [1.29, 1.82) is 0 Å². The summed E-state index contributed by atoms with van der Waals surface area (Å²) in [4.78, 5) is 29.9. The van der Waals surface area contributed by atoms with Crippen LogP contribution in [0.25, 0.3) is 0 Å². The van der Waals surface area contributed by atoms with Crippen LogP contribution in [-0.4, -0.2) is 48.8 Å². The Morgan fingerprint density at radius 2 is 1.87 bits per heavy atom. The van der Waals surface area contributed by atoms with E-state index in [1.54, 1.807) is 0 Å². The van der Waals surface area contributed by atoms with Crippen molar-refractivity contribution in [3.8, 4) is 0 Å². The van der Waals surface area contributed by atoms with E-state index in [4.69, 9.17) is 4.98 Å². The summed E-state index contributed by atoms with van der Waals surface area (Å²) in [6, 6.07) is 8.91. The molecule has 1 aliphatic heterocycles. The van der Waals surface area contributed by atoms with Crippen molar-refractivity contribution in [1.82, 2.24) is 4.98 Å². The van der Waals surface area contributed by atoms with Gasteiger partial charge in [-0.05, 0) is 0 Å². The number of ketones is 1. The zero-order valence-corrected chi connectivity index (χ0v) is 22.7. The molecule has 0 radical (unpaired) electrons. The van der Waals surface area contributed by atoms with E-state index in [1.165, 1.54) is 26.9 Å². The number of aromatic nitrogens is 1. The molecule has 0 saturated heterocycles. The second-order valence-corrected chi connectivity index (χ2v) is 24.0. The second kappa shape index (κ2) is 9.29. The third kappa shape index (κ3) is 4.84. The van der Waals surface area contributed by atoms with Crippen LogP contribution in [0, 0.1) is 13.8 Å². The van der Waals surface area contributed by atoms with Gasteiger partial charge in [0.2, 0.25) is 0 Å². The number of aryl methyl sites for hydroxylation is 2. The van der Waals surface area contributed by atoms with Crippen LogP contribution < -0.4 is 13.4 Å². The minimum absolute atomic E-state index is 0.275. The van der Waals surface area contributed by atoms with E-state index in [-0.39, 0.29) is 5.78 Å². The van der Waals surface area contributed by atoms with Crippen LogP contribution in [0.3, 0.4) is 0 Å². The van der Waals surface area contributed by atoms with Crippen LogP contribution in [0.5, 0.6) is 0 Å². The van der Waals surface area contributed by atoms with Gasteiger partial charge in [-0.3, -0.25) is 0 Å². The Morgan fingerprint density at radius 3 is 2.50 bits per heavy atom. The minimum atomic E-state index is -2.41. The maximum atomic E-state index is 12.9. The van der Waals surface area contributed by atoms with Crippen molar-refractivity contribution in [3.63, 3.8) is 0 Å². The summed E-state index contributed by atoms with van der Waals surface area (Å²) in [5.74, 6) is 1.26. The molecule has 1 aromatic carbocycles. The summed E-state index contributed by atoms with van der Waals surface area (Å²) >= 11 is -2.41. The third-order valence-corrected chi connectivity index (χ3v) is 11.7. The molecule has 0 fully saturated rings. The van der Waals surface area contributed by atoms with Gasteiger partial charge in [-0.15, -0.1) is 0 Å². The maximum absolute atomic E-state index is 12.9. The number of fused-ring (bicyclic) bond motifs is 1. The van der Waals surface area contributed by atoms with Crippen LogP contribution in [0.4, 0.5) is 17.2 Å². The van der Waals surface area contributed by atoms with Crippen molar-refractivity contribution in [2.24, 2.45) is 0 Å². The van der Waals surface area contributed by atoms with Crippen LogP contribution in [0.1, 0.15) is 43.5 Å².